The highest BCUT2D eigenvalue weighted by Crippen LogP contribution is 1.98. The van der Waals surface area contributed by atoms with Crippen LogP contribution in [0.15, 0.2) is 38.5 Å². The maximum atomic E-state index is 10.7. The third-order valence-corrected chi connectivity index (χ3v) is 1.13. The van der Waals surface area contributed by atoms with Gasteiger partial charge in [-0.05, 0) is 6.92 Å². The Morgan fingerprint density at radius 1 is 1.13 bits per heavy atom. The predicted molar refractivity (Wildman–Crippen MR) is 58.2 cm³/mol. The largest absolute Gasteiger partial charge is 0.459 e. The Balaban J connectivity index is 0. The van der Waals surface area contributed by atoms with Crippen LogP contribution in [0.25, 0.3) is 0 Å². The standard InChI is InChI=1S/C7H8O4.2C2H4/c1-5-4-10-6(8)2-3-7(9)11-5;2*1-2/h2-3,5H,4H2,1H3;2*1-2H2. The van der Waals surface area contributed by atoms with Crippen molar-refractivity contribution in [3.05, 3.63) is 38.5 Å². The zero-order valence-electron chi connectivity index (χ0n) is 8.90. The fraction of sp³-hybridized carbons (Fsp3) is 0.273. The van der Waals surface area contributed by atoms with E-state index < -0.39 is 11.9 Å². The van der Waals surface area contributed by atoms with E-state index in [0.29, 0.717) is 0 Å². The van der Waals surface area contributed by atoms with E-state index in [-0.39, 0.29) is 12.7 Å². The van der Waals surface area contributed by atoms with E-state index in [9.17, 15) is 9.59 Å². The highest BCUT2D eigenvalue weighted by molar-refractivity contribution is 5.92. The van der Waals surface area contributed by atoms with Gasteiger partial charge in [0.1, 0.15) is 12.7 Å². The normalized spacial score (nSPS) is 18.9. The summed E-state index contributed by atoms with van der Waals surface area (Å²) in [7, 11) is 0. The van der Waals surface area contributed by atoms with Crippen molar-refractivity contribution in [1.82, 2.24) is 0 Å². The number of hydrogen-bond acceptors (Lipinski definition) is 4. The van der Waals surface area contributed by atoms with Crippen molar-refractivity contribution < 1.29 is 19.1 Å². The summed E-state index contributed by atoms with van der Waals surface area (Å²) in [6.07, 6.45) is 1.74. The van der Waals surface area contributed by atoms with E-state index in [4.69, 9.17) is 4.74 Å². The summed E-state index contributed by atoms with van der Waals surface area (Å²) in [5, 5.41) is 0. The lowest BCUT2D eigenvalue weighted by molar-refractivity contribution is -0.153. The van der Waals surface area contributed by atoms with Gasteiger partial charge >= 0.3 is 11.9 Å². The third-order valence-electron chi connectivity index (χ3n) is 1.13. The van der Waals surface area contributed by atoms with Crippen LogP contribution in [0, 0.1) is 0 Å². The zero-order valence-corrected chi connectivity index (χ0v) is 8.90. The first-order valence-electron chi connectivity index (χ1n) is 4.24. The molecule has 1 rings (SSSR count). The van der Waals surface area contributed by atoms with Gasteiger partial charge in [-0.2, -0.15) is 0 Å². The van der Waals surface area contributed by atoms with Crippen molar-refractivity contribution in [2.24, 2.45) is 0 Å². The second-order valence-corrected chi connectivity index (χ2v) is 2.21. The van der Waals surface area contributed by atoms with E-state index >= 15 is 0 Å². The number of hydrogen-bond donors (Lipinski definition) is 0. The monoisotopic (exact) mass is 212 g/mol. The Hall–Kier alpha value is -1.84. The summed E-state index contributed by atoms with van der Waals surface area (Å²) in [4.78, 5) is 21.3. The number of cyclic esters (lactones) is 2. The minimum Gasteiger partial charge on any atom is -0.459 e. The summed E-state index contributed by atoms with van der Waals surface area (Å²) in [5.41, 5.74) is 0. The third kappa shape index (κ3) is 8.49. The predicted octanol–water partition coefficient (Wildman–Crippen LogP) is 1.64. The van der Waals surface area contributed by atoms with Gasteiger partial charge < -0.3 is 9.47 Å². The minimum atomic E-state index is -0.506. The van der Waals surface area contributed by atoms with Gasteiger partial charge in [0.15, 0.2) is 0 Å². The molecule has 15 heavy (non-hydrogen) atoms. The van der Waals surface area contributed by atoms with Crippen LogP contribution in [0.4, 0.5) is 0 Å². The first-order chi connectivity index (χ1) is 7.18. The summed E-state index contributed by atoms with van der Waals surface area (Å²) < 4.78 is 9.38. The van der Waals surface area contributed by atoms with E-state index in [2.05, 4.69) is 31.1 Å². The molecule has 0 aliphatic carbocycles. The molecule has 84 valence electrons. The average molecular weight is 212 g/mol. The quantitative estimate of drug-likeness (QED) is 0.452. The molecule has 1 unspecified atom stereocenters. The Bertz CT molecular complexity index is 231. The van der Waals surface area contributed by atoms with Crippen molar-refractivity contribution in [1.29, 1.82) is 0 Å². The number of carbonyl (C=O) groups excluding carboxylic acids is 2. The fourth-order valence-corrected chi connectivity index (χ4v) is 0.655. The number of carbonyl (C=O) groups is 2. The molecule has 0 fully saturated rings. The SMILES string of the molecule is C=C.C=C.CC1COC(=O)C=CC(=O)O1. The van der Waals surface area contributed by atoms with Crippen LogP contribution < -0.4 is 0 Å². The molecule has 4 heteroatoms. The Labute approximate surface area is 89.9 Å². The van der Waals surface area contributed by atoms with Crippen LogP contribution in [-0.4, -0.2) is 24.6 Å². The van der Waals surface area contributed by atoms with Crippen LogP contribution in [-0.2, 0) is 19.1 Å². The molecule has 0 spiro atoms. The number of esters is 2. The smallest absolute Gasteiger partial charge is 0.331 e. The Kier molecular flexibility index (Phi) is 10.7. The molecule has 0 amide bonds. The first-order valence-corrected chi connectivity index (χ1v) is 4.24. The average Bonchev–Trinajstić information content (AvgIpc) is 2.27. The van der Waals surface area contributed by atoms with E-state index in [0.717, 1.165) is 12.2 Å². The number of rotatable bonds is 0. The maximum Gasteiger partial charge on any atom is 0.331 e. The molecule has 1 atom stereocenters. The van der Waals surface area contributed by atoms with Gasteiger partial charge in [0.25, 0.3) is 0 Å². The summed E-state index contributed by atoms with van der Waals surface area (Å²) in [5.74, 6) is -1.01. The molecular formula is C11H16O4. The zero-order chi connectivity index (χ0) is 12.3. The van der Waals surface area contributed by atoms with Crippen molar-refractivity contribution in [2.45, 2.75) is 13.0 Å². The van der Waals surface area contributed by atoms with Crippen LogP contribution in [0.1, 0.15) is 6.92 Å². The van der Waals surface area contributed by atoms with Gasteiger partial charge in [-0.15, -0.1) is 26.3 Å². The highest BCUT2D eigenvalue weighted by atomic mass is 16.6. The van der Waals surface area contributed by atoms with Crippen LogP contribution in [0.2, 0.25) is 0 Å². The molecule has 1 aliphatic heterocycles. The molecule has 0 aromatic carbocycles. The van der Waals surface area contributed by atoms with Crippen LogP contribution in [0.5, 0.6) is 0 Å². The van der Waals surface area contributed by atoms with Crippen molar-refractivity contribution in [3.8, 4) is 0 Å². The van der Waals surface area contributed by atoms with Gasteiger partial charge in [-0.3, -0.25) is 0 Å². The molecular weight excluding hydrogens is 196 g/mol. The highest BCUT2D eigenvalue weighted by Gasteiger charge is 2.12. The minimum absolute atomic E-state index is 0.120. The van der Waals surface area contributed by atoms with Gasteiger partial charge in [-0.1, -0.05) is 0 Å². The molecule has 0 radical (unpaired) electrons. The Morgan fingerprint density at radius 3 is 2.13 bits per heavy atom. The summed E-state index contributed by atoms with van der Waals surface area (Å²) >= 11 is 0. The second kappa shape index (κ2) is 10.2. The molecule has 0 bridgehead atoms. The summed E-state index contributed by atoms with van der Waals surface area (Å²) in [6.45, 7) is 13.8. The number of ether oxygens (including phenoxy) is 2. The molecule has 1 heterocycles. The fourth-order valence-electron chi connectivity index (χ4n) is 0.655. The van der Waals surface area contributed by atoms with Gasteiger partial charge in [0.2, 0.25) is 0 Å². The van der Waals surface area contributed by atoms with E-state index in [1.54, 1.807) is 6.92 Å². The molecule has 0 aromatic rings. The van der Waals surface area contributed by atoms with Gasteiger partial charge in [0, 0.05) is 12.2 Å². The summed E-state index contributed by atoms with van der Waals surface area (Å²) in [6, 6.07) is 0. The van der Waals surface area contributed by atoms with Crippen molar-refractivity contribution in [3.63, 3.8) is 0 Å². The maximum absolute atomic E-state index is 10.7. The van der Waals surface area contributed by atoms with Crippen LogP contribution in [0.3, 0.4) is 0 Å². The molecule has 0 aromatic heterocycles. The molecule has 0 N–H and O–H groups in total. The molecule has 0 saturated carbocycles. The molecule has 0 saturated heterocycles. The molecule has 4 nitrogen and oxygen atoms in total. The van der Waals surface area contributed by atoms with E-state index in [1.807, 2.05) is 0 Å². The van der Waals surface area contributed by atoms with Crippen molar-refractivity contribution in [2.75, 3.05) is 6.61 Å². The Morgan fingerprint density at radius 2 is 1.60 bits per heavy atom. The van der Waals surface area contributed by atoms with Gasteiger partial charge in [-0.25, -0.2) is 9.59 Å². The first kappa shape index (κ1) is 15.6. The van der Waals surface area contributed by atoms with Crippen molar-refractivity contribution >= 4 is 11.9 Å². The van der Waals surface area contributed by atoms with E-state index in [1.165, 1.54) is 0 Å². The van der Waals surface area contributed by atoms with Crippen LogP contribution >= 0.6 is 0 Å². The topological polar surface area (TPSA) is 52.6 Å². The lowest BCUT2D eigenvalue weighted by atomic mass is 10.4. The molecule has 1 aliphatic rings. The van der Waals surface area contributed by atoms with Gasteiger partial charge in [0.05, 0.1) is 0 Å². The second-order valence-electron chi connectivity index (χ2n) is 2.21. The lowest BCUT2D eigenvalue weighted by Crippen LogP contribution is -2.23. The lowest BCUT2D eigenvalue weighted by Gasteiger charge is -2.13.